The Morgan fingerprint density at radius 2 is 2.32 bits per heavy atom. The Hall–Kier alpha value is -1.81. The fourth-order valence-electron chi connectivity index (χ4n) is 2.63. The molecule has 0 spiro atoms. The number of nitrogens with one attached hydrogen (secondary N) is 3. The minimum atomic E-state index is 0.0158. The van der Waals surface area contributed by atoms with E-state index in [-0.39, 0.29) is 5.91 Å². The molecule has 4 nitrogen and oxygen atoms in total. The van der Waals surface area contributed by atoms with Gasteiger partial charge in [0.05, 0.1) is 0 Å². The molecule has 0 radical (unpaired) electrons. The number of aromatic amines is 1. The lowest BCUT2D eigenvalue weighted by Crippen LogP contribution is -2.38. The lowest BCUT2D eigenvalue weighted by atomic mass is 9.99. The highest BCUT2D eigenvalue weighted by Gasteiger charge is 2.14. The van der Waals surface area contributed by atoms with Crippen molar-refractivity contribution in [3.63, 3.8) is 0 Å². The second-order valence-corrected chi connectivity index (χ2v) is 5.20. The van der Waals surface area contributed by atoms with E-state index in [9.17, 15) is 4.79 Å². The minimum absolute atomic E-state index is 0.0158. The molecule has 3 rings (SSSR count). The molecule has 1 unspecified atom stereocenters. The standard InChI is InChI=1S/C15H19N3O/c19-15(18-10-11-2-1-6-16-9-11)13-4-3-12-5-7-17-14(12)8-13/h3-5,7-8,11,16-17H,1-2,6,9-10H2,(H,18,19). The van der Waals surface area contributed by atoms with Crippen molar-refractivity contribution in [2.75, 3.05) is 19.6 Å². The van der Waals surface area contributed by atoms with Crippen LogP contribution in [0.3, 0.4) is 0 Å². The summed E-state index contributed by atoms with van der Waals surface area (Å²) in [6.07, 6.45) is 4.29. The van der Waals surface area contributed by atoms with E-state index in [1.807, 2.05) is 30.5 Å². The summed E-state index contributed by atoms with van der Waals surface area (Å²) < 4.78 is 0. The molecule has 1 aliphatic rings. The van der Waals surface area contributed by atoms with Crippen LogP contribution in [-0.2, 0) is 0 Å². The Morgan fingerprint density at radius 3 is 3.16 bits per heavy atom. The number of carbonyl (C=O) groups excluding carboxylic acids is 1. The Morgan fingerprint density at radius 1 is 1.37 bits per heavy atom. The Labute approximate surface area is 112 Å². The van der Waals surface area contributed by atoms with Gasteiger partial charge in [0.15, 0.2) is 0 Å². The molecule has 0 saturated carbocycles. The monoisotopic (exact) mass is 257 g/mol. The van der Waals surface area contributed by atoms with Gasteiger partial charge in [-0.05, 0) is 55.4 Å². The maximum atomic E-state index is 12.1. The van der Waals surface area contributed by atoms with Crippen LogP contribution in [0.1, 0.15) is 23.2 Å². The summed E-state index contributed by atoms with van der Waals surface area (Å²) in [4.78, 5) is 15.2. The zero-order valence-electron chi connectivity index (χ0n) is 10.9. The first kappa shape index (κ1) is 12.2. The second kappa shape index (κ2) is 5.45. The molecule has 1 atom stereocenters. The molecule has 0 bridgehead atoms. The van der Waals surface area contributed by atoms with Gasteiger partial charge in [-0.3, -0.25) is 4.79 Å². The molecular weight excluding hydrogens is 238 g/mol. The molecule has 19 heavy (non-hydrogen) atoms. The van der Waals surface area contributed by atoms with Crippen LogP contribution in [0.4, 0.5) is 0 Å². The van der Waals surface area contributed by atoms with E-state index in [1.54, 1.807) is 0 Å². The topological polar surface area (TPSA) is 56.9 Å². The summed E-state index contributed by atoms with van der Waals surface area (Å²) in [7, 11) is 0. The van der Waals surface area contributed by atoms with Gasteiger partial charge in [-0.1, -0.05) is 6.07 Å². The van der Waals surface area contributed by atoms with Crippen LogP contribution in [0.2, 0.25) is 0 Å². The second-order valence-electron chi connectivity index (χ2n) is 5.20. The Balaban J connectivity index is 1.62. The van der Waals surface area contributed by atoms with E-state index >= 15 is 0 Å². The molecule has 2 heterocycles. The van der Waals surface area contributed by atoms with E-state index in [4.69, 9.17) is 0 Å². The summed E-state index contributed by atoms with van der Waals surface area (Å²) in [6.45, 7) is 2.87. The van der Waals surface area contributed by atoms with Gasteiger partial charge >= 0.3 is 0 Å². The zero-order valence-corrected chi connectivity index (χ0v) is 10.9. The highest BCUT2D eigenvalue weighted by atomic mass is 16.1. The fourth-order valence-corrected chi connectivity index (χ4v) is 2.63. The number of amides is 1. The van der Waals surface area contributed by atoms with Crippen LogP contribution in [0.25, 0.3) is 10.9 Å². The van der Waals surface area contributed by atoms with Gasteiger partial charge in [0.1, 0.15) is 0 Å². The molecule has 0 aliphatic carbocycles. The lowest BCUT2D eigenvalue weighted by molar-refractivity contribution is 0.0945. The van der Waals surface area contributed by atoms with Crippen molar-refractivity contribution in [2.24, 2.45) is 5.92 Å². The Kier molecular flexibility index (Phi) is 3.51. The van der Waals surface area contributed by atoms with Crippen LogP contribution in [-0.4, -0.2) is 30.5 Å². The first-order chi connectivity index (χ1) is 9.33. The SMILES string of the molecule is O=C(NCC1CCCNC1)c1ccc2cc[nH]c2c1. The summed E-state index contributed by atoms with van der Waals surface area (Å²) in [5.74, 6) is 0.578. The molecule has 100 valence electrons. The summed E-state index contributed by atoms with van der Waals surface area (Å²) >= 11 is 0. The molecule has 1 amide bonds. The number of aromatic nitrogens is 1. The van der Waals surface area contributed by atoms with Gasteiger partial charge in [-0.25, -0.2) is 0 Å². The minimum Gasteiger partial charge on any atom is -0.361 e. The first-order valence-corrected chi connectivity index (χ1v) is 6.89. The van der Waals surface area contributed by atoms with Gasteiger partial charge in [-0.2, -0.15) is 0 Å². The number of piperidine rings is 1. The summed E-state index contributed by atoms with van der Waals surface area (Å²) in [5, 5.41) is 7.53. The molecule has 1 aromatic carbocycles. The van der Waals surface area contributed by atoms with Gasteiger partial charge in [-0.15, -0.1) is 0 Å². The van der Waals surface area contributed by atoms with Crippen molar-refractivity contribution in [2.45, 2.75) is 12.8 Å². The third-order valence-corrected chi connectivity index (χ3v) is 3.77. The van der Waals surface area contributed by atoms with Gasteiger partial charge < -0.3 is 15.6 Å². The van der Waals surface area contributed by atoms with Crippen molar-refractivity contribution in [3.8, 4) is 0 Å². The van der Waals surface area contributed by atoms with Crippen LogP contribution in [0, 0.1) is 5.92 Å². The van der Waals surface area contributed by atoms with Crippen LogP contribution >= 0.6 is 0 Å². The molecule has 2 aromatic rings. The number of fused-ring (bicyclic) bond motifs is 1. The maximum Gasteiger partial charge on any atom is 0.251 e. The molecule has 1 saturated heterocycles. The Bertz CT molecular complexity index is 570. The van der Waals surface area contributed by atoms with Crippen molar-refractivity contribution in [1.82, 2.24) is 15.6 Å². The number of H-pyrrole nitrogens is 1. The number of carbonyl (C=O) groups is 1. The fraction of sp³-hybridized carbons (Fsp3) is 0.400. The van der Waals surface area contributed by atoms with Crippen molar-refractivity contribution < 1.29 is 4.79 Å². The van der Waals surface area contributed by atoms with Crippen LogP contribution < -0.4 is 10.6 Å². The van der Waals surface area contributed by atoms with E-state index in [0.29, 0.717) is 5.92 Å². The van der Waals surface area contributed by atoms with Crippen molar-refractivity contribution >= 4 is 16.8 Å². The summed E-state index contributed by atoms with van der Waals surface area (Å²) in [5.41, 5.74) is 1.73. The van der Waals surface area contributed by atoms with Gasteiger partial charge in [0, 0.05) is 23.8 Å². The predicted octanol–water partition coefficient (Wildman–Crippen LogP) is 1.90. The molecule has 3 N–H and O–H groups in total. The molecular formula is C15H19N3O. The third kappa shape index (κ3) is 2.79. The maximum absolute atomic E-state index is 12.1. The van der Waals surface area contributed by atoms with E-state index in [2.05, 4.69) is 15.6 Å². The van der Waals surface area contributed by atoms with Crippen molar-refractivity contribution in [3.05, 3.63) is 36.0 Å². The molecule has 4 heteroatoms. The van der Waals surface area contributed by atoms with Gasteiger partial charge in [0.2, 0.25) is 0 Å². The number of rotatable bonds is 3. The van der Waals surface area contributed by atoms with Gasteiger partial charge in [0.25, 0.3) is 5.91 Å². The smallest absolute Gasteiger partial charge is 0.251 e. The van der Waals surface area contributed by atoms with E-state index < -0.39 is 0 Å². The average Bonchev–Trinajstić information content (AvgIpc) is 2.93. The molecule has 1 aliphatic heterocycles. The largest absolute Gasteiger partial charge is 0.361 e. The molecule has 1 fully saturated rings. The quantitative estimate of drug-likeness (QED) is 0.786. The van der Waals surface area contributed by atoms with E-state index in [1.165, 1.54) is 12.8 Å². The first-order valence-electron chi connectivity index (χ1n) is 6.89. The van der Waals surface area contributed by atoms with E-state index in [0.717, 1.165) is 36.1 Å². The average molecular weight is 257 g/mol. The normalized spacial score (nSPS) is 19.5. The number of hydrogen-bond donors (Lipinski definition) is 3. The van der Waals surface area contributed by atoms with Crippen LogP contribution in [0.15, 0.2) is 30.5 Å². The highest BCUT2D eigenvalue weighted by molar-refractivity contribution is 5.97. The lowest BCUT2D eigenvalue weighted by Gasteiger charge is -2.22. The van der Waals surface area contributed by atoms with Crippen molar-refractivity contribution in [1.29, 1.82) is 0 Å². The van der Waals surface area contributed by atoms with Crippen LogP contribution in [0.5, 0.6) is 0 Å². The number of benzene rings is 1. The highest BCUT2D eigenvalue weighted by Crippen LogP contribution is 2.14. The third-order valence-electron chi connectivity index (χ3n) is 3.77. The predicted molar refractivity (Wildman–Crippen MR) is 76.2 cm³/mol. The zero-order chi connectivity index (χ0) is 13.1. The summed E-state index contributed by atoms with van der Waals surface area (Å²) in [6, 6.07) is 7.77. The molecule has 1 aromatic heterocycles. The number of hydrogen-bond acceptors (Lipinski definition) is 2.